The van der Waals surface area contributed by atoms with Gasteiger partial charge in [-0.2, -0.15) is 10.2 Å². The number of aryl methyl sites for hydroxylation is 1. The van der Waals surface area contributed by atoms with E-state index in [0.29, 0.717) is 17.2 Å². The third kappa shape index (κ3) is 3.02. The van der Waals surface area contributed by atoms with Gasteiger partial charge < -0.3 is 5.32 Å². The van der Waals surface area contributed by atoms with Gasteiger partial charge in [-0.3, -0.25) is 9.48 Å². The second-order valence-electron chi connectivity index (χ2n) is 5.11. The Morgan fingerprint density at radius 1 is 1.32 bits per heavy atom. The molecule has 0 aliphatic rings. The third-order valence-corrected chi connectivity index (χ3v) is 4.25. The number of hydrogen-bond acceptors (Lipinski definition) is 7. The summed E-state index contributed by atoms with van der Waals surface area (Å²) in [7, 11) is 1.83. The first-order valence-electron chi connectivity index (χ1n) is 7.26. The maximum Gasteiger partial charge on any atom is 0.275 e. The molecule has 124 valence electrons. The zero-order chi connectivity index (χ0) is 17.2. The molecule has 0 atom stereocenters. The van der Waals surface area contributed by atoms with Gasteiger partial charge >= 0.3 is 0 Å². The van der Waals surface area contributed by atoms with E-state index in [1.807, 2.05) is 13.2 Å². The Bertz CT molecular complexity index is 1020. The smallest absolute Gasteiger partial charge is 0.275 e. The highest BCUT2D eigenvalue weighted by Crippen LogP contribution is 2.24. The van der Waals surface area contributed by atoms with Crippen LogP contribution in [0.2, 0.25) is 0 Å². The lowest BCUT2D eigenvalue weighted by Gasteiger charge is -2.08. The number of pyridine rings is 1. The molecule has 4 heterocycles. The monoisotopic (exact) mass is 352 g/mol. The van der Waals surface area contributed by atoms with E-state index in [1.165, 1.54) is 28.7 Å². The van der Waals surface area contributed by atoms with Crippen molar-refractivity contribution in [3.8, 4) is 16.4 Å². The third-order valence-electron chi connectivity index (χ3n) is 3.36. The highest BCUT2D eigenvalue weighted by atomic mass is 32.1. The van der Waals surface area contributed by atoms with Gasteiger partial charge in [-0.15, -0.1) is 11.3 Å². The summed E-state index contributed by atoms with van der Waals surface area (Å²) in [5.41, 5.74) is 1.72. The van der Waals surface area contributed by atoms with Gasteiger partial charge in [0.2, 0.25) is 0 Å². The Morgan fingerprint density at radius 3 is 3.00 bits per heavy atom. The number of hydrogen-bond donors (Lipinski definition) is 1. The van der Waals surface area contributed by atoms with Crippen molar-refractivity contribution in [3.63, 3.8) is 0 Å². The summed E-state index contributed by atoms with van der Waals surface area (Å²) < 4.78 is 3.17. The molecule has 4 rings (SSSR count). The number of rotatable bonds is 4. The second-order valence-corrected chi connectivity index (χ2v) is 5.97. The van der Waals surface area contributed by atoms with Gasteiger partial charge in [0, 0.05) is 30.4 Å². The average Bonchev–Trinajstić information content (AvgIpc) is 3.36. The summed E-state index contributed by atoms with van der Waals surface area (Å²) >= 11 is 1.39. The van der Waals surface area contributed by atoms with Gasteiger partial charge in [0.15, 0.2) is 5.82 Å². The molecule has 0 radical (unpaired) electrons. The van der Waals surface area contributed by atoms with E-state index in [9.17, 15) is 4.79 Å². The molecule has 0 aliphatic carbocycles. The summed E-state index contributed by atoms with van der Waals surface area (Å²) in [6, 6.07) is 3.48. The average molecular weight is 352 g/mol. The van der Waals surface area contributed by atoms with Crippen LogP contribution < -0.4 is 5.32 Å². The zero-order valence-corrected chi connectivity index (χ0v) is 13.9. The van der Waals surface area contributed by atoms with Crippen molar-refractivity contribution >= 4 is 22.9 Å². The van der Waals surface area contributed by atoms with Crippen molar-refractivity contribution in [3.05, 3.63) is 54.5 Å². The fourth-order valence-electron chi connectivity index (χ4n) is 2.22. The van der Waals surface area contributed by atoms with E-state index in [4.69, 9.17) is 0 Å². The lowest BCUT2D eigenvalue weighted by molar-refractivity contribution is 0.102. The Kier molecular flexibility index (Phi) is 3.78. The van der Waals surface area contributed by atoms with E-state index in [-0.39, 0.29) is 5.91 Å². The van der Waals surface area contributed by atoms with Crippen molar-refractivity contribution in [2.45, 2.75) is 0 Å². The molecule has 0 saturated carbocycles. The molecule has 4 aromatic rings. The fraction of sp³-hybridized carbons (Fsp3) is 0.0667. The highest BCUT2D eigenvalue weighted by molar-refractivity contribution is 7.13. The maximum absolute atomic E-state index is 12.5. The van der Waals surface area contributed by atoms with E-state index >= 15 is 0 Å². The van der Waals surface area contributed by atoms with E-state index in [1.54, 1.807) is 34.6 Å². The van der Waals surface area contributed by atoms with Crippen LogP contribution in [-0.4, -0.2) is 40.4 Å². The van der Waals surface area contributed by atoms with Crippen LogP contribution in [0.1, 0.15) is 10.5 Å². The van der Waals surface area contributed by atoms with Crippen LogP contribution >= 0.6 is 11.3 Å². The molecule has 0 saturated heterocycles. The second kappa shape index (κ2) is 6.24. The number of anilines is 1. The van der Waals surface area contributed by atoms with E-state index in [2.05, 4.69) is 30.5 Å². The van der Waals surface area contributed by atoms with Crippen LogP contribution in [0.3, 0.4) is 0 Å². The molecular formula is C15H12N8OS. The number of aromatic nitrogens is 7. The lowest BCUT2D eigenvalue weighted by atomic mass is 10.3. The molecule has 0 spiro atoms. The molecule has 4 aromatic heterocycles. The molecule has 1 N–H and O–H groups in total. The molecule has 0 bridgehead atoms. The lowest BCUT2D eigenvalue weighted by Crippen LogP contribution is -2.15. The Morgan fingerprint density at radius 2 is 2.24 bits per heavy atom. The molecule has 9 nitrogen and oxygen atoms in total. The van der Waals surface area contributed by atoms with Gasteiger partial charge in [-0.25, -0.2) is 19.6 Å². The molecule has 0 unspecified atom stereocenters. The number of nitrogens with one attached hydrogen (secondary N) is 1. The van der Waals surface area contributed by atoms with Gasteiger partial charge in [-0.1, -0.05) is 0 Å². The highest BCUT2D eigenvalue weighted by Gasteiger charge is 2.15. The molecule has 0 aliphatic heterocycles. The fourth-order valence-corrected chi connectivity index (χ4v) is 3.00. The predicted octanol–water partition coefficient (Wildman–Crippen LogP) is 1.77. The van der Waals surface area contributed by atoms with Crippen molar-refractivity contribution < 1.29 is 4.79 Å². The number of carbonyl (C=O) groups is 1. The van der Waals surface area contributed by atoms with Crippen LogP contribution in [0, 0.1) is 0 Å². The van der Waals surface area contributed by atoms with E-state index in [0.717, 1.165) is 10.6 Å². The SMILES string of the molecule is Cn1cc(-c2nc(C(=O)Nc3cccnc3-n3cncn3)cs2)cn1. The first kappa shape index (κ1) is 15.1. The van der Waals surface area contributed by atoms with Crippen LogP contribution in [-0.2, 0) is 7.05 Å². The molecular weight excluding hydrogens is 340 g/mol. The van der Waals surface area contributed by atoms with Crippen LogP contribution in [0.15, 0.2) is 48.8 Å². The molecule has 10 heteroatoms. The molecule has 0 aromatic carbocycles. The van der Waals surface area contributed by atoms with Gasteiger partial charge in [0.1, 0.15) is 23.4 Å². The predicted molar refractivity (Wildman–Crippen MR) is 91.4 cm³/mol. The summed E-state index contributed by atoms with van der Waals surface area (Å²) in [5, 5.41) is 13.4. The van der Waals surface area contributed by atoms with Crippen LogP contribution in [0.25, 0.3) is 16.4 Å². The van der Waals surface area contributed by atoms with Gasteiger partial charge in [0.25, 0.3) is 5.91 Å². The normalized spacial score (nSPS) is 10.8. The topological polar surface area (TPSA) is 103 Å². The van der Waals surface area contributed by atoms with Crippen molar-refractivity contribution in [1.82, 2.24) is 34.5 Å². The van der Waals surface area contributed by atoms with Gasteiger partial charge in [0.05, 0.1) is 11.9 Å². The Labute approximate surface area is 146 Å². The molecule has 1 amide bonds. The first-order chi connectivity index (χ1) is 12.2. The zero-order valence-electron chi connectivity index (χ0n) is 13.1. The van der Waals surface area contributed by atoms with Crippen LogP contribution in [0.5, 0.6) is 0 Å². The minimum Gasteiger partial charge on any atom is -0.317 e. The quantitative estimate of drug-likeness (QED) is 0.600. The number of amides is 1. The number of carbonyl (C=O) groups excluding carboxylic acids is 1. The van der Waals surface area contributed by atoms with Crippen molar-refractivity contribution in [1.29, 1.82) is 0 Å². The minimum atomic E-state index is -0.319. The Hall–Kier alpha value is -3.40. The number of thiazole rings is 1. The molecule has 0 fully saturated rings. The van der Waals surface area contributed by atoms with E-state index < -0.39 is 0 Å². The molecule has 25 heavy (non-hydrogen) atoms. The minimum absolute atomic E-state index is 0.319. The van der Waals surface area contributed by atoms with Crippen LogP contribution in [0.4, 0.5) is 5.69 Å². The van der Waals surface area contributed by atoms with Gasteiger partial charge in [-0.05, 0) is 12.1 Å². The number of nitrogens with zero attached hydrogens (tertiary/aromatic N) is 7. The first-order valence-corrected chi connectivity index (χ1v) is 8.14. The largest absolute Gasteiger partial charge is 0.317 e. The summed E-state index contributed by atoms with van der Waals surface area (Å²) in [4.78, 5) is 25.0. The standard InChI is InChI=1S/C15H12N8OS/c1-22-6-10(5-18-22)15-21-12(7-25-15)14(24)20-11-3-2-4-17-13(11)23-9-16-8-19-23/h2-9H,1H3,(H,20,24). The Balaban J connectivity index is 1.58. The summed E-state index contributed by atoms with van der Waals surface area (Å²) in [5.74, 6) is 0.164. The van der Waals surface area contributed by atoms with Crippen molar-refractivity contribution in [2.75, 3.05) is 5.32 Å². The summed E-state index contributed by atoms with van der Waals surface area (Å²) in [6.45, 7) is 0. The van der Waals surface area contributed by atoms with Crippen molar-refractivity contribution in [2.24, 2.45) is 7.05 Å². The summed E-state index contributed by atoms with van der Waals surface area (Å²) in [6.07, 6.45) is 8.10. The maximum atomic E-state index is 12.5.